The molecule has 8 heteroatoms. The van der Waals surface area contributed by atoms with Gasteiger partial charge in [0, 0.05) is 11.8 Å². The van der Waals surface area contributed by atoms with Crippen LogP contribution in [0.15, 0.2) is 15.8 Å². The van der Waals surface area contributed by atoms with Crippen LogP contribution in [0.25, 0.3) is 0 Å². The lowest BCUT2D eigenvalue weighted by Crippen LogP contribution is -2.37. The lowest BCUT2D eigenvalue weighted by Gasteiger charge is -2.17. The molecule has 7 nitrogen and oxygen atoms in total. The first-order valence-electron chi connectivity index (χ1n) is 5.36. The number of alkyl halides is 1. The van der Waals surface area contributed by atoms with Gasteiger partial charge < -0.3 is 14.9 Å². The molecule has 3 N–H and O–H groups in total. The summed E-state index contributed by atoms with van der Waals surface area (Å²) in [4.78, 5) is 24.8. The number of nitrogens with one attached hydrogen (secondary N) is 1. The molecule has 4 atom stereocenters. The van der Waals surface area contributed by atoms with E-state index in [0.29, 0.717) is 0 Å². The third-order valence-electron chi connectivity index (χ3n) is 2.89. The van der Waals surface area contributed by atoms with Gasteiger partial charge >= 0.3 is 5.69 Å². The second kappa shape index (κ2) is 4.63. The Morgan fingerprint density at radius 1 is 1.56 bits per heavy atom. The number of hydrogen-bond acceptors (Lipinski definition) is 5. The monoisotopic (exact) mass is 260 g/mol. The van der Waals surface area contributed by atoms with Crippen molar-refractivity contribution in [2.24, 2.45) is 0 Å². The van der Waals surface area contributed by atoms with Crippen molar-refractivity contribution in [1.82, 2.24) is 9.55 Å². The van der Waals surface area contributed by atoms with E-state index in [0.717, 1.165) is 4.57 Å². The molecule has 18 heavy (non-hydrogen) atoms. The van der Waals surface area contributed by atoms with E-state index < -0.39 is 42.5 Å². The Morgan fingerprint density at radius 3 is 2.78 bits per heavy atom. The first-order valence-corrected chi connectivity index (χ1v) is 5.36. The van der Waals surface area contributed by atoms with Crippen LogP contribution in [-0.4, -0.2) is 44.8 Å². The van der Waals surface area contributed by atoms with Crippen molar-refractivity contribution in [2.45, 2.75) is 31.5 Å². The van der Waals surface area contributed by atoms with Crippen LogP contribution < -0.4 is 11.2 Å². The van der Waals surface area contributed by atoms with E-state index in [1.807, 2.05) is 4.98 Å². The van der Waals surface area contributed by atoms with Crippen molar-refractivity contribution in [3.05, 3.63) is 32.6 Å². The fourth-order valence-electron chi connectivity index (χ4n) is 1.86. The third-order valence-corrected chi connectivity index (χ3v) is 2.89. The number of aliphatic hydroxyl groups excluding tert-OH is 2. The molecule has 1 aliphatic rings. The van der Waals surface area contributed by atoms with E-state index in [-0.39, 0.29) is 5.56 Å². The summed E-state index contributed by atoms with van der Waals surface area (Å²) in [6, 6.07) is 0. The summed E-state index contributed by atoms with van der Waals surface area (Å²) in [5.41, 5.74) is -1.13. The molecule has 0 saturated carbocycles. The van der Waals surface area contributed by atoms with Gasteiger partial charge in [0.1, 0.15) is 12.2 Å². The van der Waals surface area contributed by atoms with Crippen molar-refractivity contribution in [3.8, 4) is 0 Å². The van der Waals surface area contributed by atoms with Gasteiger partial charge in [0.25, 0.3) is 5.56 Å². The molecular formula is C10H13FN2O5. The first-order chi connectivity index (χ1) is 8.45. The summed E-state index contributed by atoms with van der Waals surface area (Å²) in [6.07, 6.45) is -4.64. The summed E-state index contributed by atoms with van der Waals surface area (Å²) in [5.74, 6) is 0. The average Bonchev–Trinajstić information content (AvgIpc) is 2.61. The lowest BCUT2D eigenvalue weighted by atomic mass is 10.1. The van der Waals surface area contributed by atoms with Crippen LogP contribution in [-0.2, 0) is 4.74 Å². The molecule has 0 bridgehead atoms. The number of nitrogens with zero attached hydrogens (tertiary/aromatic N) is 1. The molecule has 1 aromatic heterocycles. The Labute approximate surface area is 100 Å². The molecule has 0 radical (unpaired) electrons. The van der Waals surface area contributed by atoms with Gasteiger partial charge in [-0.1, -0.05) is 0 Å². The van der Waals surface area contributed by atoms with Crippen LogP contribution in [0.3, 0.4) is 0 Å². The SMILES string of the molecule is Cc1cn([C@@H]2O[C@H](CO)[C@@H](F)[C@H]2O)c(=O)[nH]c1=O. The van der Waals surface area contributed by atoms with Crippen LogP contribution >= 0.6 is 0 Å². The van der Waals surface area contributed by atoms with E-state index in [4.69, 9.17) is 9.84 Å². The molecule has 1 aromatic rings. The largest absolute Gasteiger partial charge is 0.394 e. The highest BCUT2D eigenvalue weighted by Gasteiger charge is 2.45. The minimum atomic E-state index is -1.79. The number of rotatable bonds is 2. The standard InChI is InChI=1S/C10H13FN2O5/c1-4-2-13(10(17)12-8(4)16)9-7(15)6(11)5(3-14)18-9/h2,5-7,9,14-15H,3H2,1H3,(H,12,16,17)/t5-,6-,7-,9-/m1/s1. The van der Waals surface area contributed by atoms with Crippen molar-refractivity contribution in [2.75, 3.05) is 6.61 Å². The van der Waals surface area contributed by atoms with E-state index in [9.17, 15) is 19.1 Å². The van der Waals surface area contributed by atoms with E-state index in [2.05, 4.69) is 0 Å². The summed E-state index contributed by atoms with van der Waals surface area (Å²) in [7, 11) is 0. The second-order valence-electron chi connectivity index (χ2n) is 4.16. The Kier molecular flexibility index (Phi) is 3.33. The van der Waals surface area contributed by atoms with E-state index >= 15 is 0 Å². The van der Waals surface area contributed by atoms with Crippen molar-refractivity contribution < 1.29 is 19.3 Å². The molecule has 0 aliphatic carbocycles. The number of aryl methyl sites for hydroxylation is 1. The molecule has 0 unspecified atom stereocenters. The highest BCUT2D eigenvalue weighted by Crippen LogP contribution is 2.30. The van der Waals surface area contributed by atoms with Crippen molar-refractivity contribution in [1.29, 1.82) is 0 Å². The van der Waals surface area contributed by atoms with Crippen molar-refractivity contribution in [3.63, 3.8) is 0 Å². The number of H-pyrrole nitrogens is 1. The lowest BCUT2D eigenvalue weighted by molar-refractivity contribution is -0.0538. The zero-order chi connectivity index (χ0) is 13.4. The van der Waals surface area contributed by atoms with Crippen LogP contribution in [0.1, 0.15) is 11.8 Å². The quantitative estimate of drug-likeness (QED) is 0.596. The Balaban J connectivity index is 2.42. The van der Waals surface area contributed by atoms with Crippen LogP contribution in [0.2, 0.25) is 0 Å². The van der Waals surface area contributed by atoms with Crippen LogP contribution in [0, 0.1) is 6.92 Å². The minimum Gasteiger partial charge on any atom is -0.394 e. The first kappa shape index (κ1) is 12.9. The maximum atomic E-state index is 13.5. The summed E-state index contributed by atoms with van der Waals surface area (Å²) in [5, 5.41) is 18.5. The number of aromatic amines is 1. The normalized spacial score (nSPS) is 31.8. The van der Waals surface area contributed by atoms with Gasteiger partial charge in [0.2, 0.25) is 0 Å². The van der Waals surface area contributed by atoms with Gasteiger partial charge in [0.05, 0.1) is 6.61 Å². The Hall–Kier alpha value is -1.51. The molecule has 100 valence electrons. The topological polar surface area (TPSA) is 105 Å². The number of hydrogen-bond donors (Lipinski definition) is 3. The molecule has 1 saturated heterocycles. The molecule has 1 aliphatic heterocycles. The molecule has 2 rings (SSSR count). The highest BCUT2D eigenvalue weighted by molar-refractivity contribution is 5.03. The maximum absolute atomic E-state index is 13.5. The summed E-state index contributed by atoms with van der Waals surface area (Å²) >= 11 is 0. The van der Waals surface area contributed by atoms with E-state index in [1.165, 1.54) is 13.1 Å². The van der Waals surface area contributed by atoms with Gasteiger partial charge in [-0.15, -0.1) is 0 Å². The molecule has 0 aromatic carbocycles. The smallest absolute Gasteiger partial charge is 0.330 e. The third kappa shape index (κ3) is 1.98. The molecule has 0 amide bonds. The molecule has 2 heterocycles. The van der Waals surface area contributed by atoms with Gasteiger partial charge in [0.15, 0.2) is 12.4 Å². The number of ether oxygens (including phenoxy) is 1. The van der Waals surface area contributed by atoms with E-state index in [1.54, 1.807) is 0 Å². The predicted octanol–water partition coefficient (Wildman–Crippen LogP) is -1.57. The van der Waals surface area contributed by atoms with Crippen molar-refractivity contribution >= 4 is 0 Å². The zero-order valence-corrected chi connectivity index (χ0v) is 9.54. The summed E-state index contributed by atoms with van der Waals surface area (Å²) < 4.78 is 19.5. The molecule has 1 fully saturated rings. The van der Waals surface area contributed by atoms with Gasteiger partial charge in [-0.05, 0) is 6.92 Å². The maximum Gasteiger partial charge on any atom is 0.330 e. The minimum absolute atomic E-state index is 0.230. The number of aliphatic hydroxyl groups is 2. The Bertz CT molecular complexity index is 554. The Morgan fingerprint density at radius 2 is 2.22 bits per heavy atom. The highest BCUT2D eigenvalue weighted by atomic mass is 19.1. The van der Waals surface area contributed by atoms with Gasteiger partial charge in [-0.2, -0.15) is 0 Å². The van der Waals surface area contributed by atoms with Gasteiger partial charge in [-0.3, -0.25) is 14.3 Å². The van der Waals surface area contributed by atoms with Gasteiger partial charge in [-0.25, -0.2) is 9.18 Å². The summed E-state index contributed by atoms with van der Waals surface area (Å²) in [6.45, 7) is 0.859. The predicted molar refractivity (Wildman–Crippen MR) is 58.0 cm³/mol. The number of aromatic nitrogens is 2. The average molecular weight is 260 g/mol. The molecular weight excluding hydrogens is 247 g/mol. The second-order valence-corrected chi connectivity index (χ2v) is 4.16. The molecule has 0 spiro atoms. The zero-order valence-electron chi connectivity index (χ0n) is 9.54. The fraction of sp³-hybridized carbons (Fsp3) is 0.600. The van der Waals surface area contributed by atoms with Crippen LogP contribution in [0.5, 0.6) is 0 Å². The van der Waals surface area contributed by atoms with Crippen LogP contribution in [0.4, 0.5) is 4.39 Å². The fourth-order valence-corrected chi connectivity index (χ4v) is 1.86. The number of halogens is 1.